The smallest absolute Gasteiger partial charge is 0.0798 e. The average Bonchev–Trinajstić information content (AvgIpc) is 3.03. The third-order valence-corrected chi connectivity index (χ3v) is 4.47. The third-order valence-electron chi connectivity index (χ3n) is 3.64. The third kappa shape index (κ3) is 2.29. The van der Waals surface area contributed by atoms with Crippen LogP contribution in [0.1, 0.15) is 42.2 Å². The quantitative estimate of drug-likeness (QED) is 0.873. The highest BCUT2D eigenvalue weighted by Gasteiger charge is 2.29. The Morgan fingerprint density at radius 3 is 2.75 bits per heavy atom. The van der Waals surface area contributed by atoms with E-state index in [0.29, 0.717) is 6.04 Å². The fraction of sp³-hybridized carbons (Fsp3) is 0.750. The summed E-state index contributed by atoms with van der Waals surface area (Å²) >= 11 is 1.83. The Morgan fingerprint density at radius 1 is 1.31 bits per heavy atom. The molecule has 0 aromatic carbocycles. The number of rotatable bonds is 3. The summed E-state index contributed by atoms with van der Waals surface area (Å²) in [6, 6.07) is 0.431. The van der Waals surface area contributed by atoms with E-state index in [1.54, 1.807) is 0 Å². The van der Waals surface area contributed by atoms with Crippen LogP contribution in [0.25, 0.3) is 0 Å². The van der Waals surface area contributed by atoms with Crippen LogP contribution in [0.15, 0.2) is 5.51 Å². The van der Waals surface area contributed by atoms with Gasteiger partial charge in [-0.3, -0.25) is 4.90 Å². The first kappa shape index (κ1) is 10.7. The molecule has 1 aromatic rings. The van der Waals surface area contributed by atoms with Crippen LogP contribution in [0.3, 0.4) is 0 Å². The fourth-order valence-corrected chi connectivity index (χ4v) is 3.29. The molecule has 1 aromatic heterocycles. The normalized spacial score (nSPS) is 23.8. The summed E-state index contributed by atoms with van der Waals surface area (Å²) < 4.78 is 0. The summed E-state index contributed by atoms with van der Waals surface area (Å²) in [5.74, 6) is 0.785. The average molecular weight is 237 g/mol. The monoisotopic (exact) mass is 237 g/mol. The van der Waals surface area contributed by atoms with Crippen molar-refractivity contribution in [2.24, 2.45) is 5.73 Å². The van der Waals surface area contributed by atoms with Gasteiger partial charge in [0.25, 0.3) is 0 Å². The van der Waals surface area contributed by atoms with E-state index in [1.807, 2.05) is 16.8 Å². The number of thiazole rings is 1. The summed E-state index contributed by atoms with van der Waals surface area (Å²) in [6.07, 6.45) is 5.00. The number of nitrogens with zero attached hydrogens (tertiary/aromatic N) is 2. The maximum Gasteiger partial charge on any atom is 0.0798 e. The molecular weight excluding hydrogens is 218 g/mol. The number of nitrogens with two attached hydrogens (primary N) is 1. The molecule has 3 nitrogen and oxygen atoms in total. The van der Waals surface area contributed by atoms with Crippen LogP contribution >= 0.6 is 11.3 Å². The van der Waals surface area contributed by atoms with E-state index in [2.05, 4.69) is 9.88 Å². The number of piperidine rings is 1. The van der Waals surface area contributed by atoms with Gasteiger partial charge in [-0.25, -0.2) is 4.98 Å². The van der Waals surface area contributed by atoms with Crippen molar-refractivity contribution in [2.45, 2.75) is 44.2 Å². The van der Waals surface area contributed by atoms with E-state index in [9.17, 15) is 0 Å². The number of hydrogen-bond acceptors (Lipinski definition) is 4. The van der Waals surface area contributed by atoms with Crippen molar-refractivity contribution in [3.63, 3.8) is 0 Å². The van der Waals surface area contributed by atoms with Crippen molar-refractivity contribution in [1.29, 1.82) is 0 Å². The minimum absolute atomic E-state index is 0.431. The first-order valence-electron chi connectivity index (χ1n) is 6.23. The van der Waals surface area contributed by atoms with Gasteiger partial charge >= 0.3 is 0 Å². The van der Waals surface area contributed by atoms with Gasteiger partial charge in [0.15, 0.2) is 0 Å². The van der Waals surface area contributed by atoms with Crippen molar-refractivity contribution in [3.05, 3.63) is 16.1 Å². The lowest BCUT2D eigenvalue weighted by atomic mass is 10.1. The highest BCUT2D eigenvalue weighted by molar-refractivity contribution is 7.09. The van der Waals surface area contributed by atoms with Crippen molar-refractivity contribution in [2.75, 3.05) is 13.1 Å². The second-order valence-electron chi connectivity index (χ2n) is 5.05. The van der Waals surface area contributed by atoms with Gasteiger partial charge in [0.1, 0.15) is 0 Å². The molecule has 2 heterocycles. The Kier molecular flexibility index (Phi) is 2.96. The summed E-state index contributed by atoms with van der Waals surface area (Å²) in [7, 11) is 0. The lowest BCUT2D eigenvalue weighted by Crippen LogP contribution is -2.39. The molecule has 2 fully saturated rings. The molecule has 0 spiro atoms. The van der Waals surface area contributed by atoms with Crippen LogP contribution in [0.2, 0.25) is 0 Å². The molecule has 0 unspecified atom stereocenters. The van der Waals surface area contributed by atoms with Crippen LogP contribution in [0.4, 0.5) is 0 Å². The van der Waals surface area contributed by atoms with Gasteiger partial charge in [0, 0.05) is 23.4 Å². The molecule has 1 aliphatic carbocycles. The van der Waals surface area contributed by atoms with E-state index >= 15 is 0 Å². The fourth-order valence-electron chi connectivity index (χ4n) is 2.40. The topological polar surface area (TPSA) is 42.1 Å². The lowest BCUT2D eigenvalue weighted by molar-refractivity contribution is 0.206. The Balaban J connectivity index is 1.62. The van der Waals surface area contributed by atoms with Crippen molar-refractivity contribution in [1.82, 2.24) is 9.88 Å². The standard InChI is InChI=1S/C12H19N3S/c13-10-3-5-15(6-4-10)7-11-12(9-1-2-9)14-8-16-11/h8-10H,1-7,13H2. The van der Waals surface area contributed by atoms with Crippen molar-refractivity contribution >= 4 is 11.3 Å². The van der Waals surface area contributed by atoms with E-state index in [1.165, 1.54) is 23.4 Å². The maximum atomic E-state index is 5.92. The first-order valence-corrected chi connectivity index (χ1v) is 7.11. The minimum atomic E-state index is 0.431. The highest BCUT2D eigenvalue weighted by Crippen LogP contribution is 2.42. The van der Waals surface area contributed by atoms with Crippen LogP contribution in [0, 0.1) is 0 Å². The Labute approximate surface area is 101 Å². The van der Waals surface area contributed by atoms with Gasteiger partial charge in [0.2, 0.25) is 0 Å². The predicted molar refractivity (Wildman–Crippen MR) is 66.6 cm³/mol. The first-order chi connectivity index (χ1) is 7.83. The van der Waals surface area contributed by atoms with Gasteiger partial charge in [-0.1, -0.05) is 0 Å². The summed E-state index contributed by atoms with van der Waals surface area (Å²) in [5.41, 5.74) is 9.32. The summed E-state index contributed by atoms with van der Waals surface area (Å²) in [4.78, 5) is 8.55. The number of likely N-dealkylation sites (tertiary alicyclic amines) is 1. The molecule has 0 bridgehead atoms. The van der Waals surface area contributed by atoms with Crippen LogP contribution in [-0.2, 0) is 6.54 Å². The molecule has 3 rings (SSSR count). The maximum absolute atomic E-state index is 5.92. The second-order valence-corrected chi connectivity index (χ2v) is 5.99. The van der Waals surface area contributed by atoms with Crippen LogP contribution in [0.5, 0.6) is 0 Å². The SMILES string of the molecule is NC1CCN(Cc2scnc2C2CC2)CC1. The molecule has 16 heavy (non-hydrogen) atoms. The van der Waals surface area contributed by atoms with E-state index in [0.717, 1.165) is 38.4 Å². The van der Waals surface area contributed by atoms with Crippen molar-refractivity contribution < 1.29 is 0 Å². The highest BCUT2D eigenvalue weighted by atomic mass is 32.1. The predicted octanol–water partition coefficient (Wildman–Crippen LogP) is 1.94. The van der Waals surface area contributed by atoms with Crippen molar-refractivity contribution in [3.8, 4) is 0 Å². The van der Waals surface area contributed by atoms with Gasteiger partial charge in [-0.05, 0) is 38.8 Å². The Bertz CT molecular complexity index is 351. The van der Waals surface area contributed by atoms with Gasteiger partial charge < -0.3 is 5.73 Å². The number of aromatic nitrogens is 1. The van der Waals surface area contributed by atoms with E-state index in [-0.39, 0.29) is 0 Å². The molecule has 88 valence electrons. The summed E-state index contributed by atoms with van der Waals surface area (Å²) in [5, 5.41) is 0. The van der Waals surface area contributed by atoms with E-state index in [4.69, 9.17) is 5.73 Å². The van der Waals surface area contributed by atoms with Gasteiger partial charge in [-0.15, -0.1) is 11.3 Å². The zero-order valence-corrected chi connectivity index (χ0v) is 10.4. The molecule has 2 N–H and O–H groups in total. The van der Waals surface area contributed by atoms with Gasteiger partial charge in [-0.2, -0.15) is 0 Å². The molecule has 1 aliphatic heterocycles. The largest absolute Gasteiger partial charge is 0.328 e. The molecular formula is C12H19N3S. The lowest BCUT2D eigenvalue weighted by Gasteiger charge is -2.29. The zero-order chi connectivity index (χ0) is 11.0. The molecule has 1 saturated heterocycles. The van der Waals surface area contributed by atoms with Crippen LogP contribution in [-0.4, -0.2) is 29.0 Å². The Hall–Kier alpha value is -0.450. The molecule has 2 aliphatic rings. The van der Waals surface area contributed by atoms with E-state index < -0.39 is 0 Å². The second kappa shape index (κ2) is 4.43. The zero-order valence-electron chi connectivity index (χ0n) is 9.56. The van der Waals surface area contributed by atoms with Gasteiger partial charge in [0.05, 0.1) is 11.2 Å². The Morgan fingerprint density at radius 2 is 2.06 bits per heavy atom. The summed E-state index contributed by atoms with van der Waals surface area (Å²) in [6.45, 7) is 3.41. The molecule has 0 amide bonds. The minimum Gasteiger partial charge on any atom is -0.328 e. The molecule has 4 heteroatoms. The number of hydrogen-bond donors (Lipinski definition) is 1. The molecule has 0 radical (unpaired) electrons. The molecule has 0 atom stereocenters. The molecule has 1 saturated carbocycles. The van der Waals surface area contributed by atoms with Crippen LogP contribution < -0.4 is 5.73 Å².